The van der Waals surface area contributed by atoms with Crippen LogP contribution in [-0.4, -0.2) is 61.0 Å². The number of aromatic hydroxyl groups is 1. The molecule has 1 heterocycles. The molecule has 3 rings (SSSR count). The predicted octanol–water partition coefficient (Wildman–Crippen LogP) is 3.32. The van der Waals surface area contributed by atoms with Crippen LogP contribution >= 0.6 is 0 Å². The fraction of sp³-hybridized carbons (Fsp3) is 0.417. The van der Waals surface area contributed by atoms with Gasteiger partial charge in [0.25, 0.3) is 5.91 Å². The molecule has 1 aliphatic heterocycles. The third kappa shape index (κ3) is 5.83. The zero-order valence-corrected chi connectivity index (χ0v) is 17.6. The third-order valence-electron chi connectivity index (χ3n) is 5.52. The minimum absolute atomic E-state index is 0.00875. The molecule has 0 spiro atoms. The minimum Gasteiger partial charge on any atom is -0.507 e. The Bertz CT molecular complexity index is 846. The second-order valence-corrected chi connectivity index (χ2v) is 7.64. The number of phenolic OH excluding ortho intramolecular Hbond substituents is 1. The number of hydrogen-bond acceptors (Lipinski definition) is 5. The van der Waals surface area contributed by atoms with Gasteiger partial charge < -0.3 is 15.3 Å². The fourth-order valence-corrected chi connectivity index (χ4v) is 3.78. The quantitative estimate of drug-likeness (QED) is 0.491. The van der Waals surface area contributed by atoms with E-state index in [0.717, 1.165) is 45.6 Å². The van der Waals surface area contributed by atoms with E-state index in [4.69, 9.17) is 0 Å². The number of nitrogens with zero attached hydrogens (tertiary/aromatic N) is 2. The van der Waals surface area contributed by atoms with E-state index < -0.39 is 0 Å². The Labute approximate surface area is 178 Å². The van der Waals surface area contributed by atoms with Gasteiger partial charge in [-0.15, -0.1) is 0 Å². The highest BCUT2D eigenvalue weighted by Gasteiger charge is 2.17. The number of carbonyl (C=O) groups is 2. The number of phenols is 1. The molecular formula is C24H31N3O3. The molecule has 2 N–H and O–H groups in total. The first-order chi connectivity index (χ1) is 14.6. The lowest BCUT2D eigenvalue weighted by atomic mass is 10.0. The number of piperazine rings is 1. The summed E-state index contributed by atoms with van der Waals surface area (Å²) in [5, 5.41) is 12.5. The van der Waals surface area contributed by atoms with E-state index >= 15 is 0 Å². The Kier molecular flexibility index (Phi) is 7.85. The van der Waals surface area contributed by atoms with Crippen molar-refractivity contribution in [3.05, 3.63) is 59.7 Å². The maximum absolute atomic E-state index is 12.5. The van der Waals surface area contributed by atoms with E-state index in [-0.39, 0.29) is 23.0 Å². The summed E-state index contributed by atoms with van der Waals surface area (Å²) >= 11 is 0. The van der Waals surface area contributed by atoms with Crippen LogP contribution in [0.5, 0.6) is 5.75 Å². The first-order valence-corrected chi connectivity index (χ1v) is 10.7. The van der Waals surface area contributed by atoms with Crippen molar-refractivity contribution in [3.63, 3.8) is 0 Å². The Morgan fingerprint density at radius 2 is 1.73 bits per heavy atom. The number of para-hydroxylation sites is 1. The van der Waals surface area contributed by atoms with E-state index in [2.05, 4.69) is 39.4 Å². The van der Waals surface area contributed by atoms with Crippen LogP contribution in [0.25, 0.3) is 0 Å². The molecule has 0 unspecified atom stereocenters. The van der Waals surface area contributed by atoms with Gasteiger partial charge in [-0.2, -0.15) is 0 Å². The number of nitrogens with one attached hydrogen (secondary N) is 1. The first-order valence-electron chi connectivity index (χ1n) is 10.7. The number of amides is 1. The number of anilines is 1. The smallest absolute Gasteiger partial charge is 0.255 e. The molecule has 1 aliphatic rings. The Morgan fingerprint density at radius 3 is 2.43 bits per heavy atom. The van der Waals surface area contributed by atoms with Crippen molar-refractivity contribution in [2.45, 2.75) is 26.2 Å². The van der Waals surface area contributed by atoms with Crippen molar-refractivity contribution in [1.29, 1.82) is 0 Å². The highest BCUT2D eigenvalue weighted by molar-refractivity contribution is 6.02. The van der Waals surface area contributed by atoms with Gasteiger partial charge in [-0.1, -0.05) is 18.2 Å². The number of carbonyl (C=O) groups excluding carboxylic acids is 2. The largest absolute Gasteiger partial charge is 0.507 e. The number of Topliss-reactive ketones (excluding diaryl/α,β-unsaturated/α-hetero) is 1. The van der Waals surface area contributed by atoms with Crippen LogP contribution in [0.15, 0.2) is 48.5 Å². The number of benzene rings is 2. The number of hydrogen-bond donors (Lipinski definition) is 2. The zero-order chi connectivity index (χ0) is 21.3. The Hall–Kier alpha value is -2.86. The molecule has 0 aliphatic carbocycles. The van der Waals surface area contributed by atoms with E-state index in [9.17, 15) is 14.7 Å². The maximum Gasteiger partial charge on any atom is 0.255 e. The minimum atomic E-state index is -0.362. The molecule has 0 atom stereocenters. The van der Waals surface area contributed by atoms with Gasteiger partial charge >= 0.3 is 0 Å². The molecule has 6 nitrogen and oxygen atoms in total. The summed E-state index contributed by atoms with van der Waals surface area (Å²) < 4.78 is 0. The number of rotatable bonds is 9. The van der Waals surface area contributed by atoms with Crippen LogP contribution in [0.4, 0.5) is 5.69 Å². The van der Waals surface area contributed by atoms with Gasteiger partial charge in [-0.25, -0.2) is 0 Å². The van der Waals surface area contributed by atoms with E-state index in [1.165, 1.54) is 17.8 Å². The van der Waals surface area contributed by atoms with Gasteiger partial charge in [0.2, 0.25) is 0 Å². The van der Waals surface area contributed by atoms with Crippen LogP contribution in [-0.2, 0) is 0 Å². The Morgan fingerprint density at radius 1 is 1.00 bits per heavy atom. The lowest BCUT2D eigenvalue weighted by Gasteiger charge is -2.36. The van der Waals surface area contributed by atoms with Gasteiger partial charge in [0.05, 0.1) is 5.56 Å². The summed E-state index contributed by atoms with van der Waals surface area (Å²) in [5.41, 5.74) is 1.91. The highest BCUT2D eigenvalue weighted by Crippen LogP contribution is 2.20. The SMILES string of the molecule is CCNC(=O)c1cc(C(=O)CCCCN2CCN(c3ccccc3)CC2)ccc1O. The molecule has 1 saturated heterocycles. The summed E-state index contributed by atoms with van der Waals surface area (Å²) in [6.07, 6.45) is 2.23. The van der Waals surface area contributed by atoms with Crippen molar-refractivity contribution in [2.24, 2.45) is 0 Å². The molecule has 0 saturated carbocycles. The van der Waals surface area contributed by atoms with Crippen molar-refractivity contribution < 1.29 is 14.7 Å². The average Bonchev–Trinajstić information content (AvgIpc) is 2.78. The van der Waals surface area contributed by atoms with Gasteiger partial charge in [0.1, 0.15) is 5.75 Å². The lowest BCUT2D eigenvalue weighted by molar-refractivity contribution is 0.0953. The number of ketones is 1. The number of unbranched alkanes of at least 4 members (excludes halogenated alkanes) is 1. The van der Waals surface area contributed by atoms with Crippen LogP contribution in [0, 0.1) is 0 Å². The summed E-state index contributed by atoms with van der Waals surface area (Å²) in [5.74, 6) is -0.458. The fourth-order valence-electron chi connectivity index (χ4n) is 3.78. The Balaban J connectivity index is 1.40. The van der Waals surface area contributed by atoms with Gasteiger partial charge in [0.15, 0.2) is 5.78 Å². The van der Waals surface area contributed by atoms with Crippen molar-refractivity contribution in [1.82, 2.24) is 10.2 Å². The van der Waals surface area contributed by atoms with E-state index in [1.54, 1.807) is 6.07 Å². The standard InChI is InChI=1S/C24H31N3O3/c1-2-25-24(30)21-18-19(11-12-23(21)29)22(28)10-6-7-13-26-14-16-27(17-15-26)20-8-4-3-5-9-20/h3-5,8-9,11-12,18,29H,2,6-7,10,13-17H2,1H3,(H,25,30). The third-order valence-corrected chi connectivity index (χ3v) is 5.52. The molecule has 2 aromatic rings. The van der Waals surface area contributed by atoms with E-state index in [1.807, 2.05) is 13.0 Å². The molecule has 0 bridgehead atoms. The van der Waals surface area contributed by atoms with E-state index in [0.29, 0.717) is 18.5 Å². The van der Waals surface area contributed by atoms with Crippen molar-refractivity contribution in [2.75, 3.05) is 44.2 Å². The molecular weight excluding hydrogens is 378 g/mol. The van der Waals surface area contributed by atoms with Gasteiger partial charge in [-0.3, -0.25) is 14.5 Å². The molecule has 6 heteroatoms. The van der Waals surface area contributed by atoms with Gasteiger partial charge in [-0.05, 0) is 56.6 Å². The molecule has 0 radical (unpaired) electrons. The van der Waals surface area contributed by atoms with Crippen LogP contribution in [0.1, 0.15) is 46.9 Å². The van der Waals surface area contributed by atoms with Crippen LogP contribution in [0.2, 0.25) is 0 Å². The zero-order valence-electron chi connectivity index (χ0n) is 17.6. The first kappa shape index (κ1) is 21.8. The van der Waals surface area contributed by atoms with Crippen LogP contribution in [0.3, 0.4) is 0 Å². The molecule has 30 heavy (non-hydrogen) atoms. The summed E-state index contributed by atoms with van der Waals surface area (Å²) in [7, 11) is 0. The molecule has 1 fully saturated rings. The normalized spacial score (nSPS) is 14.5. The second-order valence-electron chi connectivity index (χ2n) is 7.64. The molecule has 2 aromatic carbocycles. The van der Waals surface area contributed by atoms with Crippen LogP contribution < -0.4 is 10.2 Å². The summed E-state index contributed by atoms with van der Waals surface area (Å²) in [6.45, 7) is 7.41. The van der Waals surface area contributed by atoms with Crippen molar-refractivity contribution >= 4 is 17.4 Å². The maximum atomic E-state index is 12.5. The average molecular weight is 410 g/mol. The topological polar surface area (TPSA) is 72.9 Å². The summed E-state index contributed by atoms with van der Waals surface area (Å²) in [6, 6.07) is 15.0. The van der Waals surface area contributed by atoms with Gasteiger partial charge in [0, 0.05) is 50.4 Å². The monoisotopic (exact) mass is 409 g/mol. The highest BCUT2D eigenvalue weighted by atomic mass is 16.3. The second kappa shape index (κ2) is 10.8. The molecule has 1 amide bonds. The van der Waals surface area contributed by atoms with Crippen molar-refractivity contribution in [3.8, 4) is 5.75 Å². The lowest BCUT2D eigenvalue weighted by Crippen LogP contribution is -2.46. The predicted molar refractivity (Wildman–Crippen MR) is 119 cm³/mol. The molecule has 160 valence electrons. The summed E-state index contributed by atoms with van der Waals surface area (Å²) in [4.78, 5) is 29.4. The molecule has 0 aromatic heterocycles.